The minimum atomic E-state index is -0.405. The number of Topliss-reactive ketones (excluding diaryl/α,β-unsaturated/α-hetero) is 1. The quantitative estimate of drug-likeness (QED) is 0.690. The SMILES string of the molecule is CC1(C)CC(=O)c2c(ccc3c2C(=O)c2cccc(O)c2C3=O)C1. The van der Waals surface area contributed by atoms with Crippen molar-refractivity contribution in [3.63, 3.8) is 0 Å². The molecule has 2 aromatic rings. The number of hydrogen-bond acceptors (Lipinski definition) is 4. The fraction of sp³-hybridized carbons (Fsp3) is 0.250. The summed E-state index contributed by atoms with van der Waals surface area (Å²) in [5, 5.41) is 9.99. The molecule has 1 N–H and O–H groups in total. The van der Waals surface area contributed by atoms with Crippen LogP contribution < -0.4 is 0 Å². The maximum Gasteiger partial charge on any atom is 0.198 e. The summed E-state index contributed by atoms with van der Waals surface area (Å²) < 4.78 is 0. The van der Waals surface area contributed by atoms with Gasteiger partial charge in [0.2, 0.25) is 0 Å². The highest BCUT2D eigenvalue weighted by atomic mass is 16.3. The number of carbonyl (C=O) groups excluding carboxylic acids is 3. The summed E-state index contributed by atoms with van der Waals surface area (Å²) in [6.07, 6.45) is 1.04. The molecule has 4 heteroatoms. The first kappa shape index (κ1) is 14.8. The van der Waals surface area contributed by atoms with Crippen LogP contribution in [-0.2, 0) is 6.42 Å². The van der Waals surface area contributed by atoms with Gasteiger partial charge >= 0.3 is 0 Å². The summed E-state index contributed by atoms with van der Waals surface area (Å²) in [5.74, 6) is -1.07. The highest BCUT2D eigenvalue weighted by molar-refractivity contribution is 6.32. The van der Waals surface area contributed by atoms with Crippen molar-refractivity contribution in [3.05, 3.63) is 63.7 Å². The molecule has 0 bridgehead atoms. The maximum atomic E-state index is 13.0. The van der Waals surface area contributed by atoms with Gasteiger partial charge in [-0.15, -0.1) is 0 Å². The lowest BCUT2D eigenvalue weighted by Gasteiger charge is -2.32. The lowest BCUT2D eigenvalue weighted by Crippen LogP contribution is -2.31. The first-order chi connectivity index (χ1) is 11.3. The molecule has 0 saturated heterocycles. The number of phenols is 1. The van der Waals surface area contributed by atoms with Gasteiger partial charge in [-0.1, -0.05) is 32.0 Å². The zero-order chi connectivity index (χ0) is 17.2. The Hall–Kier alpha value is -2.75. The first-order valence-corrected chi connectivity index (χ1v) is 7.90. The molecular weight excluding hydrogens is 304 g/mol. The van der Waals surface area contributed by atoms with Crippen molar-refractivity contribution in [2.45, 2.75) is 26.7 Å². The van der Waals surface area contributed by atoms with Gasteiger partial charge in [0.15, 0.2) is 17.3 Å². The summed E-state index contributed by atoms with van der Waals surface area (Å²) in [6, 6.07) is 7.82. The zero-order valence-corrected chi connectivity index (χ0v) is 13.5. The second-order valence-corrected chi connectivity index (χ2v) is 7.32. The summed E-state index contributed by atoms with van der Waals surface area (Å²) in [7, 11) is 0. The van der Waals surface area contributed by atoms with Gasteiger partial charge < -0.3 is 5.11 Å². The number of phenolic OH excluding ortho intramolecular Hbond substituents is 1. The third-order valence-corrected chi connectivity index (χ3v) is 4.86. The molecule has 0 atom stereocenters. The predicted molar refractivity (Wildman–Crippen MR) is 87.8 cm³/mol. The Morgan fingerprint density at radius 3 is 2.25 bits per heavy atom. The molecule has 2 aromatic carbocycles. The van der Waals surface area contributed by atoms with Gasteiger partial charge in [-0.05, 0) is 29.5 Å². The Balaban J connectivity index is 2.02. The van der Waals surface area contributed by atoms with Crippen molar-refractivity contribution in [1.82, 2.24) is 0 Å². The van der Waals surface area contributed by atoms with E-state index in [1.807, 2.05) is 13.8 Å². The van der Waals surface area contributed by atoms with Gasteiger partial charge in [0, 0.05) is 28.7 Å². The Morgan fingerprint density at radius 2 is 1.50 bits per heavy atom. The Morgan fingerprint density at radius 1 is 0.833 bits per heavy atom. The maximum absolute atomic E-state index is 13.0. The van der Waals surface area contributed by atoms with E-state index in [1.165, 1.54) is 18.2 Å². The number of ketones is 3. The van der Waals surface area contributed by atoms with Crippen LogP contribution in [0.2, 0.25) is 0 Å². The van der Waals surface area contributed by atoms with Gasteiger partial charge in [-0.25, -0.2) is 0 Å². The molecule has 0 heterocycles. The van der Waals surface area contributed by atoms with E-state index in [0.717, 1.165) is 5.56 Å². The molecule has 0 fully saturated rings. The van der Waals surface area contributed by atoms with Crippen LogP contribution in [0, 0.1) is 5.41 Å². The molecule has 2 aliphatic carbocycles. The van der Waals surface area contributed by atoms with Crippen LogP contribution >= 0.6 is 0 Å². The fourth-order valence-electron chi connectivity index (χ4n) is 3.88. The van der Waals surface area contributed by atoms with E-state index in [1.54, 1.807) is 12.1 Å². The molecule has 24 heavy (non-hydrogen) atoms. The van der Waals surface area contributed by atoms with Crippen molar-refractivity contribution >= 4 is 17.3 Å². The highest BCUT2D eigenvalue weighted by Crippen LogP contribution is 2.41. The summed E-state index contributed by atoms with van der Waals surface area (Å²) in [6.45, 7) is 4.04. The van der Waals surface area contributed by atoms with E-state index < -0.39 is 5.78 Å². The van der Waals surface area contributed by atoms with E-state index in [4.69, 9.17) is 0 Å². The van der Waals surface area contributed by atoms with E-state index in [0.29, 0.717) is 18.4 Å². The number of hydrogen-bond donors (Lipinski definition) is 1. The van der Waals surface area contributed by atoms with Crippen LogP contribution in [0.3, 0.4) is 0 Å². The van der Waals surface area contributed by atoms with E-state index >= 15 is 0 Å². The molecule has 0 unspecified atom stereocenters. The number of fused-ring (bicyclic) bond motifs is 4. The molecule has 4 rings (SSSR count). The lowest BCUT2D eigenvalue weighted by atomic mass is 9.69. The summed E-state index contributed by atoms with van der Waals surface area (Å²) >= 11 is 0. The first-order valence-electron chi connectivity index (χ1n) is 7.90. The fourth-order valence-corrected chi connectivity index (χ4v) is 3.88. The predicted octanol–water partition coefficient (Wildman–Crippen LogP) is 3.32. The molecule has 0 radical (unpaired) electrons. The van der Waals surface area contributed by atoms with Crippen LogP contribution in [0.4, 0.5) is 0 Å². The molecule has 0 aliphatic heterocycles. The van der Waals surface area contributed by atoms with E-state index in [2.05, 4.69) is 0 Å². The van der Waals surface area contributed by atoms with E-state index in [-0.39, 0.29) is 45.0 Å². The highest BCUT2D eigenvalue weighted by Gasteiger charge is 2.39. The third kappa shape index (κ3) is 1.89. The zero-order valence-electron chi connectivity index (χ0n) is 13.5. The normalized spacial score (nSPS) is 18.0. The third-order valence-electron chi connectivity index (χ3n) is 4.86. The minimum absolute atomic E-state index is 0.0264. The molecule has 0 spiro atoms. The van der Waals surface area contributed by atoms with Gasteiger partial charge in [-0.3, -0.25) is 14.4 Å². The standard InChI is InChI=1S/C20H16O4/c1-20(2)8-10-6-7-12-17(15(10)14(22)9-20)19(24)11-4-3-5-13(21)16(11)18(12)23/h3-7,21H,8-9H2,1-2H3. The monoisotopic (exact) mass is 320 g/mol. The second-order valence-electron chi connectivity index (χ2n) is 7.32. The largest absolute Gasteiger partial charge is 0.507 e. The molecular formula is C20H16O4. The minimum Gasteiger partial charge on any atom is -0.507 e. The summed E-state index contributed by atoms with van der Waals surface area (Å²) in [5.41, 5.74) is 1.66. The number of benzene rings is 2. The Labute approximate surface area is 139 Å². The average molecular weight is 320 g/mol. The molecule has 120 valence electrons. The molecule has 4 nitrogen and oxygen atoms in total. The van der Waals surface area contributed by atoms with Crippen LogP contribution in [0.1, 0.15) is 68.0 Å². The Bertz CT molecular complexity index is 950. The number of aromatic hydroxyl groups is 1. The van der Waals surface area contributed by atoms with Crippen molar-refractivity contribution in [2.24, 2.45) is 5.41 Å². The van der Waals surface area contributed by atoms with Crippen LogP contribution in [0.15, 0.2) is 30.3 Å². The van der Waals surface area contributed by atoms with Crippen LogP contribution in [-0.4, -0.2) is 22.5 Å². The van der Waals surface area contributed by atoms with Gasteiger partial charge in [0.05, 0.1) is 5.56 Å². The second kappa shape index (κ2) is 4.63. The van der Waals surface area contributed by atoms with Crippen molar-refractivity contribution in [1.29, 1.82) is 0 Å². The molecule has 0 amide bonds. The molecule has 0 aromatic heterocycles. The van der Waals surface area contributed by atoms with Crippen molar-refractivity contribution in [3.8, 4) is 5.75 Å². The topological polar surface area (TPSA) is 71.4 Å². The van der Waals surface area contributed by atoms with Gasteiger partial charge in [-0.2, -0.15) is 0 Å². The number of rotatable bonds is 0. The van der Waals surface area contributed by atoms with Crippen molar-refractivity contribution in [2.75, 3.05) is 0 Å². The van der Waals surface area contributed by atoms with Crippen LogP contribution in [0.5, 0.6) is 5.75 Å². The molecule has 0 saturated carbocycles. The van der Waals surface area contributed by atoms with Gasteiger partial charge in [0.25, 0.3) is 0 Å². The number of carbonyl (C=O) groups is 3. The lowest BCUT2D eigenvalue weighted by molar-refractivity contribution is 0.0900. The van der Waals surface area contributed by atoms with Crippen LogP contribution in [0.25, 0.3) is 0 Å². The average Bonchev–Trinajstić information content (AvgIpc) is 2.50. The van der Waals surface area contributed by atoms with Crippen molar-refractivity contribution < 1.29 is 19.5 Å². The molecule has 2 aliphatic rings. The Kier molecular flexibility index (Phi) is 2.86. The van der Waals surface area contributed by atoms with Gasteiger partial charge in [0.1, 0.15) is 5.75 Å². The van der Waals surface area contributed by atoms with E-state index in [9.17, 15) is 19.5 Å². The summed E-state index contributed by atoms with van der Waals surface area (Å²) in [4.78, 5) is 38.4. The smallest absolute Gasteiger partial charge is 0.198 e.